The summed E-state index contributed by atoms with van der Waals surface area (Å²) in [7, 11) is 0. The second kappa shape index (κ2) is 6.65. The van der Waals surface area contributed by atoms with Crippen molar-refractivity contribution >= 4 is 5.69 Å². The second-order valence-electron chi connectivity index (χ2n) is 5.92. The first kappa shape index (κ1) is 16.4. The summed E-state index contributed by atoms with van der Waals surface area (Å²) >= 11 is 0. The summed E-state index contributed by atoms with van der Waals surface area (Å²) < 4.78 is 18.4. The van der Waals surface area contributed by atoms with Gasteiger partial charge in [-0.05, 0) is 32.9 Å². The first-order chi connectivity index (χ1) is 9.19. The maximum Gasteiger partial charge on any atom is 0.313 e. The fraction of sp³-hybridized carbons (Fsp3) is 0.571. The second-order valence-corrected chi connectivity index (χ2v) is 5.92. The Hall–Kier alpha value is -1.69. The average molecular weight is 284 g/mol. The molecule has 0 bridgehead atoms. The Labute approximate surface area is 118 Å². The molecule has 5 nitrogen and oxygen atoms in total. The third kappa shape index (κ3) is 5.52. The molecule has 0 radical (unpaired) electrons. The van der Waals surface area contributed by atoms with E-state index in [-0.39, 0.29) is 22.9 Å². The third-order valence-corrected chi connectivity index (χ3v) is 2.62. The highest BCUT2D eigenvalue weighted by molar-refractivity contribution is 5.46. The van der Waals surface area contributed by atoms with Crippen LogP contribution in [-0.2, 0) is 0 Å². The molecule has 1 N–H and O–H groups in total. The normalized spacial score (nSPS) is 13.1. The van der Waals surface area contributed by atoms with Gasteiger partial charge in [-0.25, -0.2) is 4.39 Å². The molecule has 0 aliphatic carbocycles. The van der Waals surface area contributed by atoms with Crippen LogP contribution in [0.4, 0.5) is 10.1 Å². The molecule has 20 heavy (non-hydrogen) atoms. The minimum atomic E-state index is -0.647. The standard InChI is InChI=1S/C14H21FN2O3/c1-10(8-16-14(2,3)4)9-20-13-6-5-11(15)7-12(13)17(18)19/h5-7,10,16H,8-9H2,1-4H3. The number of nitrogens with one attached hydrogen (secondary N) is 1. The SMILES string of the molecule is CC(CNC(C)(C)C)COc1ccc(F)cc1[N+](=O)[O-]. The van der Waals surface area contributed by atoms with Crippen molar-refractivity contribution in [1.82, 2.24) is 5.32 Å². The summed E-state index contributed by atoms with van der Waals surface area (Å²) in [5.74, 6) is -0.371. The Morgan fingerprint density at radius 3 is 2.65 bits per heavy atom. The van der Waals surface area contributed by atoms with Crippen LogP contribution in [0.15, 0.2) is 18.2 Å². The summed E-state index contributed by atoms with van der Waals surface area (Å²) in [5, 5.41) is 14.2. The van der Waals surface area contributed by atoms with Crippen LogP contribution in [0.5, 0.6) is 5.75 Å². The first-order valence-electron chi connectivity index (χ1n) is 6.51. The maximum absolute atomic E-state index is 13.0. The van der Waals surface area contributed by atoms with Crippen LogP contribution in [0.25, 0.3) is 0 Å². The largest absolute Gasteiger partial charge is 0.486 e. The molecule has 1 rings (SSSR count). The zero-order valence-electron chi connectivity index (χ0n) is 12.3. The van der Waals surface area contributed by atoms with E-state index in [0.717, 1.165) is 18.7 Å². The van der Waals surface area contributed by atoms with Gasteiger partial charge in [-0.3, -0.25) is 10.1 Å². The molecule has 0 aliphatic rings. The highest BCUT2D eigenvalue weighted by Gasteiger charge is 2.17. The number of ether oxygens (including phenoxy) is 1. The molecule has 0 spiro atoms. The number of halogens is 1. The molecule has 1 aromatic rings. The van der Waals surface area contributed by atoms with Gasteiger partial charge in [0.2, 0.25) is 0 Å². The van der Waals surface area contributed by atoms with E-state index in [0.29, 0.717) is 6.61 Å². The quantitative estimate of drug-likeness (QED) is 0.644. The molecule has 112 valence electrons. The smallest absolute Gasteiger partial charge is 0.313 e. The molecule has 0 amide bonds. The van der Waals surface area contributed by atoms with Crippen LogP contribution in [0.1, 0.15) is 27.7 Å². The lowest BCUT2D eigenvalue weighted by atomic mass is 10.1. The van der Waals surface area contributed by atoms with Crippen molar-refractivity contribution in [2.75, 3.05) is 13.2 Å². The van der Waals surface area contributed by atoms with Crippen molar-refractivity contribution in [1.29, 1.82) is 0 Å². The van der Waals surface area contributed by atoms with Gasteiger partial charge < -0.3 is 10.1 Å². The minimum absolute atomic E-state index is 0.0101. The molecule has 0 fully saturated rings. The van der Waals surface area contributed by atoms with Crippen molar-refractivity contribution in [2.45, 2.75) is 33.2 Å². The Bertz CT molecular complexity index is 472. The maximum atomic E-state index is 13.0. The van der Waals surface area contributed by atoms with Crippen LogP contribution >= 0.6 is 0 Å². The monoisotopic (exact) mass is 284 g/mol. The van der Waals surface area contributed by atoms with Gasteiger partial charge in [0.05, 0.1) is 17.6 Å². The van der Waals surface area contributed by atoms with Crippen molar-refractivity contribution in [3.63, 3.8) is 0 Å². The fourth-order valence-electron chi connectivity index (χ4n) is 1.53. The van der Waals surface area contributed by atoms with E-state index in [9.17, 15) is 14.5 Å². The predicted octanol–water partition coefficient (Wildman–Crippen LogP) is 3.14. The minimum Gasteiger partial charge on any atom is -0.486 e. The molecule has 0 aromatic heterocycles. The van der Waals surface area contributed by atoms with Gasteiger partial charge in [0.25, 0.3) is 0 Å². The summed E-state index contributed by atoms with van der Waals surface area (Å²) in [6.45, 7) is 9.23. The van der Waals surface area contributed by atoms with Crippen LogP contribution in [0.2, 0.25) is 0 Å². The van der Waals surface area contributed by atoms with E-state index in [2.05, 4.69) is 26.1 Å². The lowest BCUT2D eigenvalue weighted by Gasteiger charge is -2.23. The molecule has 1 atom stereocenters. The van der Waals surface area contributed by atoms with Gasteiger partial charge in [-0.15, -0.1) is 0 Å². The van der Waals surface area contributed by atoms with Gasteiger partial charge in [0.15, 0.2) is 5.75 Å². The first-order valence-corrected chi connectivity index (χ1v) is 6.51. The van der Waals surface area contributed by atoms with Crippen molar-refractivity contribution in [2.24, 2.45) is 5.92 Å². The van der Waals surface area contributed by atoms with E-state index in [1.54, 1.807) is 0 Å². The van der Waals surface area contributed by atoms with E-state index >= 15 is 0 Å². The Morgan fingerprint density at radius 2 is 2.10 bits per heavy atom. The Balaban J connectivity index is 2.59. The van der Waals surface area contributed by atoms with Crippen LogP contribution in [-0.4, -0.2) is 23.6 Å². The van der Waals surface area contributed by atoms with E-state index in [1.165, 1.54) is 6.07 Å². The van der Waals surface area contributed by atoms with Crippen LogP contribution in [0.3, 0.4) is 0 Å². The molecular formula is C14H21FN2O3. The lowest BCUT2D eigenvalue weighted by molar-refractivity contribution is -0.386. The van der Waals surface area contributed by atoms with E-state index < -0.39 is 10.7 Å². The molecular weight excluding hydrogens is 263 g/mol. The predicted molar refractivity (Wildman–Crippen MR) is 75.5 cm³/mol. The third-order valence-electron chi connectivity index (χ3n) is 2.62. The van der Waals surface area contributed by atoms with E-state index in [1.807, 2.05) is 6.92 Å². The Morgan fingerprint density at radius 1 is 1.45 bits per heavy atom. The van der Waals surface area contributed by atoms with Crippen molar-refractivity contribution in [3.05, 3.63) is 34.1 Å². The van der Waals surface area contributed by atoms with E-state index in [4.69, 9.17) is 4.74 Å². The molecule has 0 heterocycles. The van der Waals surface area contributed by atoms with Crippen molar-refractivity contribution < 1.29 is 14.1 Å². The zero-order chi connectivity index (χ0) is 15.3. The zero-order valence-corrected chi connectivity index (χ0v) is 12.3. The van der Waals surface area contributed by atoms with Gasteiger partial charge in [-0.2, -0.15) is 0 Å². The topological polar surface area (TPSA) is 64.4 Å². The highest BCUT2D eigenvalue weighted by Crippen LogP contribution is 2.27. The summed E-state index contributed by atoms with van der Waals surface area (Å²) in [6.07, 6.45) is 0. The number of hydrogen-bond donors (Lipinski definition) is 1. The number of benzene rings is 1. The molecule has 0 saturated carbocycles. The Kier molecular flexibility index (Phi) is 5.44. The molecule has 6 heteroatoms. The highest BCUT2D eigenvalue weighted by atomic mass is 19.1. The van der Waals surface area contributed by atoms with Gasteiger partial charge in [0, 0.05) is 18.0 Å². The number of nitro groups is 1. The molecule has 0 aliphatic heterocycles. The molecule has 1 aromatic carbocycles. The fourth-order valence-corrected chi connectivity index (χ4v) is 1.53. The van der Waals surface area contributed by atoms with Crippen molar-refractivity contribution in [3.8, 4) is 5.75 Å². The summed E-state index contributed by atoms with van der Waals surface area (Å²) in [5.41, 5.74) is -0.336. The number of rotatable bonds is 6. The molecule has 1 unspecified atom stereocenters. The number of nitrogens with zero attached hydrogens (tertiary/aromatic N) is 1. The van der Waals surface area contributed by atoms with Gasteiger partial charge in [0.1, 0.15) is 5.82 Å². The van der Waals surface area contributed by atoms with Crippen LogP contribution in [0, 0.1) is 21.8 Å². The summed E-state index contributed by atoms with van der Waals surface area (Å²) in [4.78, 5) is 10.2. The molecule has 0 saturated heterocycles. The van der Waals surface area contributed by atoms with Gasteiger partial charge >= 0.3 is 5.69 Å². The van der Waals surface area contributed by atoms with Gasteiger partial charge in [-0.1, -0.05) is 6.92 Å². The lowest BCUT2D eigenvalue weighted by Crippen LogP contribution is -2.39. The average Bonchev–Trinajstić information content (AvgIpc) is 2.33. The summed E-state index contributed by atoms with van der Waals surface area (Å²) in [6, 6.07) is 3.31. The number of nitro benzene ring substituents is 1. The number of hydrogen-bond acceptors (Lipinski definition) is 4. The van der Waals surface area contributed by atoms with Crippen LogP contribution < -0.4 is 10.1 Å².